The van der Waals surface area contributed by atoms with Crippen LogP contribution in [0.25, 0.3) is 16.9 Å². The van der Waals surface area contributed by atoms with Gasteiger partial charge in [-0.2, -0.15) is 15.5 Å². The van der Waals surface area contributed by atoms with Crippen molar-refractivity contribution in [1.82, 2.24) is 29.9 Å². The summed E-state index contributed by atoms with van der Waals surface area (Å²) in [7, 11) is 3.87. The standard InChI is InChI=1S/C25H25ClN8O/c1-17(16-33-10-9-23(31-33)18-4-5-19(14-27)22(26)12-18)29-25(35)13-20-8-11-34(30-20)21-6-7-24(28-15-21)32(2)3/h4-12,15,17H,13,16H2,1-3H3,(H,29,35)/t17-/m0/s1. The quantitative estimate of drug-likeness (QED) is 0.407. The Morgan fingerprint density at radius 3 is 2.69 bits per heavy atom. The summed E-state index contributed by atoms with van der Waals surface area (Å²) in [5, 5.41) is 21.5. The molecule has 0 saturated heterocycles. The number of nitrogens with zero attached hydrogens (tertiary/aromatic N) is 7. The van der Waals surface area contributed by atoms with Gasteiger partial charge in [0.25, 0.3) is 0 Å². The van der Waals surface area contributed by atoms with Crippen LogP contribution in [0.5, 0.6) is 0 Å². The molecule has 0 fully saturated rings. The molecular formula is C25H25ClN8O. The largest absolute Gasteiger partial charge is 0.363 e. The van der Waals surface area contributed by atoms with Crippen molar-refractivity contribution in [1.29, 1.82) is 5.26 Å². The van der Waals surface area contributed by atoms with E-state index in [9.17, 15) is 4.79 Å². The van der Waals surface area contributed by atoms with Crippen molar-refractivity contribution in [2.45, 2.75) is 25.9 Å². The molecule has 0 bridgehead atoms. The van der Waals surface area contributed by atoms with Gasteiger partial charge in [-0.15, -0.1) is 0 Å². The van der Waals surface area contributed by atoms with Gasteiger partial charge in [0.05, 0.1) is 46.8 Å². The normalized spacial score (nSPS) is 11.6. The molecule has 1 aromatic carbocycles. The van der Waals surface area contributed by atoms with Gasteiger partial charge in [-0.05, 0) is 43.3 Å². The average molecular weight is 489 g/mol. The van der Waals surface area contributed by atoms with Crippen LogP contribution in [0.1, 0.15) is 18.2 Å². The maximum Gasteiger partial charge on any atom is 0.226 e. The number of carbonyl (C=O) groups excluding carboxylic acids is 1. The maximum absolute atomic E-state index is 12.6. The van der Waals surface area contributed by atoms with Gasteiger partial charge in [0, 0.05) is 38.1 Å². The lowest BCUT2D eigenvalue weighted by molar-refractivity contribution is -0.121. The number of rotatable bonds is 8. The Morgan fingerprint density at radius 1 is 1.17 bits per heavy atom. The van der Waals surface area contributed by atoms with Gasteiger partial charge in [-0.25, -0.2) is 9.67 Å². The number of hydrogen-bond donors (Lipinski definition) is 1. The number of benzene rings is 1. The minimum absolute atomic E-state index is 0.116. The number of anilines is 1. The smallest absolute Gasteiger partial charge is 0.226 e. The van der Waals surface area contributed by atoms with Crippen molar-refractivity contribution in [2.75, 3.05) is 19.0 Å². The Labute approximate surface area is 208 Å². The minimum atomic E-state index is -0.135. The van der Waals surface area contributed by atoms with E-state index in [4.69, 9.17) is 16.9 Å². The van der Waals surface area contributed by atoms with E-state index in [1.54, 1.807) is 27.7 Å². The fourth-order valence-corrected chi connectivity index (χ4v) is 3.80. The average Bonchev–Trinajstić information content (AvgIpc) is 3.48. The van der Waals surface area contributed by atoms with E-state index in [2.05, 4.69) is 20.5 Å². The van der Waals surface area contributed by atoms with Gasteiger partial charge < -0.3 is 10.2 Å². The van der Waals surface area contributed by atoms with Crippen LogP contribution in [0.3, 0.4) is 0 Å². The minimum Gasteiger partial charge on any atom is -0.363 e. The van der Waals surface area contributed by atoms with Gasteiger partial charge >= 0.3 is 0 Å². The van der Waals surface area contributed by atoms with E-state index in [0.29, 0.717) is 22.8 Å². The molecule has 10 heteroatoms. The van der Waals surface area contributed by atoms with Crippen LogP contribution in [0.15, 0.2) is 61.1 Å². The molecule has 3 heterocycles. The molecule has 178 valence electrons. The molecule has 1 N–H and O–H groups in total. The van der Waals surface area contributed by atoms with Gasteiger partial charge in [0.2, 0.25) is 5.91 Å². The lowest BCUT2D eigenvalue weighted by Gasteiger charge is -2.13. The molecule has 35 heavy (non-hydrogen) atoms. The van der Waals surface area contributed by atoms with Crippen molar-refractivity contribution in [3.63, 3.8) is 0 Å². The lowest BCUT2D eigenvalue weighted by Crippen LogP contribution is -2.36. The Hall–Kier alpha value is -4.16. The highest BCUT2D eigenvalue weighted by atomic mass is 35.5. The summed E-state index contributed by atoms with van der Waals surface area (Å²) in [5.41, 5.74) is 3.49. The van der Waals surface area contributed by atoms with E-state index >= 15 is 0 Å². The zero-order chi connectivity index (χ0) is 24.9. The van der Waals surface area contributed by atoms with Crippen LogP contribution < -0.4 is 10.2 Å². The number of nitrogens with one attached hydrogen (secondary N) is 1. The summed E-state index contributed by atoms with van der Waals surface area (Å²) in [6.45, 7) is 2.43. The molecule has 3 aromatic heterocycles. The van der Waals surface area contributed by atoms with Crippen LogP contribution in [0, 0.1) is 11.3 Å². The molecule has 0 aliphatic heterocycles. The number of amides is 1. The SMILES string of the molecule is C[C@@H](Cn1ccc(-c2ccc(C#N)c(Cl)c2)n1)NC(=O)Cc1ccn(-c2ccc(N(C)C)nc2)n1. The highest BCUT2D eigenvalue weighted by Gasteiger charge is 2.13. The molecule has 0 unspecified atom stereocenters. The summed E-state index contributed by atoms with van der Waals surface area (Å²) in [5.74, 6) is 0.745. The van der Waals surface area contributed by atoms with Crippen LogP contribution in [0.2, 0.25) is 5.02 Å². The number of halogens is 1. The highest BCUT2D eigenvalue weighted by molar-refractivity contribution is 6.32. The fraction of sp³-hybridized carbons (Fsp3) is 0.240. The van der Waals surface area contributed by atoms with Gasteiger partial charge in [-0.3, -0.25) is 9.48 Å². The Bertz CT molecular complexity index is 1370. The fourth-order valence-electron chi connectivity index (χ4n) is 3.58. The van der Waals surface area contributed by atoms with Crippen molar-refractivity contribution in [3.8, 4) is 23.0 Å². The van der Waals surface area contributed by atoms with E-state index < -0.39 is 0 Å². The molecule has 0 aliphatic rings. The number of nitriles is 1. The monoisotopic (exact) mass is 488 g/mol. The summed E-state index contributed by atoms with van der Waals surface area (Å²) in [6, 6.07) is 14.7. The molecule has 1 atom stereocenters. The van der Waals surface area contributed by atoms with Crippen LogP contribution >= 0.6 is 11.6 Å². The molecule has 4 aromatic rings. The van der Waals surface area contributed by atoms with Gasteiger partial charge in [-0.1, -0.05) is 17.7 Å². The lowest BCUT2D eigenvalue weighted by atomic mass is 10.1. The van der Waals surface area contributed by atoms with E-state index in [1.807, 2.05) is 74.7 Å². The Morgan fingerprint density at radius 2 is 2.00 bits per heavy atom. The van der Waals surface area contributed by atoms with Gasteiger partial charge in [0.1, 0.15) is 11.9 Å². The van der Waals surface area contributed by atoms with Crippen LogP contribution in [-0.2, 0) is 17.8 Å². The summed E-state index contributed by atoms with van der Waals surface area (Å²) in [6.07, 6.45) is 5.59. The van der Waals surface area contributed by atoms with Gasteiger partial charge in [0.15, 0.2) is 0 Å². The zero-order valence-corrected chi connectivity index (χ0v) is 20.4. The maximum atomic E-state index is 12.6. The number of aromatic nitrogens is 5. The second-order valence-corrected chi connectivity index (χ2v) is 8.80. The molecule has 0 saturated carbocycles. The molecular weight excluding hydrogens is 464 g/mol. The van der Waals surface area contributed by atoms with Crippen molar-refractivity contribution < 1.29 is 4.79 Å². The molecule has 4 rings (SSSR count). The van der Waals surface area contributed by atoms with Crippen LogP contribution in [0.4, 0.5) is 5.82 Å². The summed E-state index contributed by atoms with van der Waals surface area (Å²) >= 11 is 6.13. The predicted octanol–water partition coefficient (Wildman–Crippen LogP) is 3.47. The third-order valence-corrected chi connectivity index (χ3v) is 5.65. The molecule has 0 radical (unpaired) electrons. The number of carbonyl (C=O) groups is 1. The first-order valence-electron chi connectivity index (χ1n) is 11.0. The Balaban J connectivity index is 1.32. The van der Waals surface area contributed by atoms with Crippen molar-refractivity contribution in [2.24, 2.45) is 0 Å². The first-order valence-corrected chi connectivity index (χ1v) is 11.4. The third-order valence-electron chi connectivity index (χ3n) is 5.34. The van der Waals surface area contributed by atoms with E-state index in [1.165, 1.54) is 0 Å². The topological polar surface area (TPSA) is 105 Å². The second-order valence-electron chi connectivity index (χ2n) is 8.40. The first-order chi connectivity index (χ1) is 16.8. The molecule has 1 amide bonds. The van der Waals surface area contributed by atoms with Crippen LogP contribution in [-0.4, -0.2) is 50.6 Å². The number of pyridine rings is 1. The predicted molar refractivity (Wildman–Crippen MR) is 134 cm³/mol. The zero-order valence-electron chi connectivity index (χ0n) is 19.7. The second kappa shape index (κ2) is 10.4. The summed E-state index contributed by atoms with van der Waals surface area (Å²) < 4.78 is 3.48. The highest BCUT2D eigenvalue weighted by Crippen LogP contribution is 2.24. The van der Waals surface area contributed by atoms with Crippen molar-refractivity contribution in [3.05, 3.63) is 77.3 Å². The summed E-state index contributed by atoms with van der Waals surface area (Å²) in [4.78, 5) is 18.9. The third kappa shape index (κ3) is 5.86. The first kappa shape index (κ1) is 24.0. The van der Waals surface area contributed by atoms with Crippen molar-refractivity contribution >= 4 is 23.3 Å². The molecule has 0 aliphatic carbocycles. The van der Waals surface area contributed by atoms with E-state index in [0.717, 1.165) is 22.8 Å². The number of hydrogen-bond acceptors (Lipinski definition) is 6. The molecule has 9 nitrogen and oxygen atoms in total. The Kier molecular flexibility index (Phi) is 7.13. The molecule has 0 spiro atoms. The van der Waals surface area contributed by atoms with E-state index in [-0.39, 0.29) is 18.4 Å².